The van der Waals surface area contributed by atoms with Crippen LogP contribution in [0, 0.1) is 56.7 Å². The van der Waals surface area contributed by atoms with E-state index in [4.69, 9.17) is 4.74 Å². The summed E-state index contributed by atoms with van der Waals surface area (Å²) in [4.78, 5) is 11.9. The van der Waals surface area contributed by atoms with Crippen LogP contribution in [0.15, 0.2) is 12.2 Å². The van der Waals surface area contributed by atoms with Gasteiger partial charge in [0.2, 0.25) is 0 Å². The lowest BCUT2D eigenvalue weighted by Gasteiger charge is -2.63. The molecule has 5 saturated carbocycles. The smallest absolute Gasteiger partial charge is 0.302 e. The Balaban J connectivity index is 1.37. The third-order valence-electron chi connectivity index (χ3n) is 13.8. The molecule has 2 spiro atoms. The summed E-state index contributed by atoms with van der Waals surface area (Å²) in [6.45, 7) is 23.4. The normalized spacial score (nSPS) is 48.3. The van der Waals surface area contributed by atoms with Crippen molar-refractivity contribution < 1.29 is 9.53 Å². The molecule has 0 aromatic heterocycles. The number of rotatable bonds is 6. The number of carbonyl (C=O) groups is 1. The topological polar surface area (TPSA) is 26.3 Å². The standard InChI is InChI=1S/C33H54O2/c1-21(2)22(3)10-11-23(4)25-14-16-31(9)27-13-12-26-29(6,7)28(35-24(5)34)15-17-32(26)20-33(27,32)19-18-30(25,31)8/h21,23,25-28H,3,10-20H2,1-2,4-9H3/t23-,25-,26+,27+,28+,30-,31+,32-,33-/m1/s1. The Kier molecular flexibility index (Phi) is 5.98. The van der Waals surface area contributed by atoms with Gasteiger partial charge in [0.05, 0.1) is 0 Å². The zero-order valence-electron chi connectivity index (χ0n) is 24.3. The summed E-state index contributed by atoms with van der Waals surface area (Å²) in [6, 6.07) is 0. The van der Waals surface area contributed by atoms with Crippen molar-refractivity contribution in [1.29, 1.82) is 0 Å². The second-order valence-electron chi connectivity index (χ2n) is 15.4. The summed E-state index contributed by atoms with van der Waals surface area (Å²) in [5.41, 5.74) is 3.63. The third kappa shape index (κ3) is 3.35. The van der Waals surface area contributed by atoms with E-state index in [1.165, 1.54) is 69.8 Å². The van der Waals surface area contributed by atoms with E-state index in [1.807, 2.05) is 0 Å². The van der Waals surface area contributed by atoms with Crippen molar-refractivity contribution in [2.45, 2.75) is 132 Å². The first-order chi connectivity index (χ1) is 16.3. The van der Waals surface area contributed by atoms with Gasteiger partial charge in [-0.05, 0) is 122 Å². The van der Waals surface area contributed by atoms with Crippen LogP contribution in [-0.2, 0) is 9.53 Å². The highest BCUT2D eigenvalue weighted by molar-refractivity contribution is 5.66. The van der Waals surface area contributed by atoms with Crippen LogP contribution in [0.5, 0.6) is 0 Å². The molecule has 5 rings (SSSR count). The molecule has 35 heavy (non-hydrogen) atoms. The van der Waals surface area contributed by atoms with E-state index in [9.17, 15) is 4.79 Å². The molecule has 0 aromatic rings. The van der Waals surface area contributed by atoms with Crippen LogP contribution in [0.2, 0.25) is 0 Å². The SMILES string of the molecule is C=C(CC[C@@H](C)[C@H]1CC[C@@]2(C)[C@@H]3CC[C@H]4C(C)(C)[C@@H](OC(C)=O)CC[C@@]45C[C@]35CC[C@]12C)C(C)C. The molecule has 0 heterocycles. The zero-order valence-corrected chi connectivity index (χ0v) is 24.3. The number of allylic oxidation sites excluding steroid dienone is 1. The highest BCUT2D eigenvalue weighted by Gasteiger charge is 2.82. The molecule has 0 unspecified atom stereocenters. The molecule has 0 saturated heterocycles. The van der Waals surface area contributed by atoms with Gasteiger partial charge in [0.15, 0.2) is 0 Å². The van der Waals surface area contributed by atoms with Crippen LogP contribution in [0.25, 0.3) is 0 Å². The second kappa shape index (κ2) is 8.10. The van der Waals surface area contributed by atoms with Crippen molar-refractivity contribution in [2.24, 2.45) is 56.7 Å². The van der Waals surface area contributed by atoms with E-state index in [2.05, 4.69) is 55.0 Å². The van der Waals surface area contributed by atoms with Crippen molar-refractivity contribution in [3.05, 3.63) is 12.2 Å². The van der Waals surface area contributed by atoms with E-state index in [0.29, 0.717) is 27.6 Å². The predicted molar refractivity (Wildman–Crippen MR) is 145 cm³/mol. The van der Waals surface area contributed by atoms with Crippen LogP contribution in [0.1, 0.15) is 126 Å². The molecular weight excluding hydrogens is 428 g/mol. The van der Waals surface area contributed by atoms with Crippen LogP contribution in [0.3, 0.4) is 0 Å². The van der Waals surface area contributed by atoms with Crippen LogP contribution >= 0.6 is 0 Å². The minimum absolute atomic E-state index is 0.0951. The molecule has 0 radical (unpaired) electrons. The number of hydrogen-bond donors (Lipinski definition) is 0. The Morgan fingerprint density at radius 1 is 0.886 bits per heavy atom. The van der Waals surface area contributed by atoms with Gasteiger partial charge >= 0.3 is 5.97 Å². The van der Waals surface area contributed by atoms with E-state index >= 15 is 0 Å². The van der Waals surface area contributed by atoms with Gasteiger partial charge in [-0.1, -0.05) is 60.6 Å². The molecule has 2 heteroatoms. The molecular formula is C33H54O2. The third-order valence-corrected chi connectivity index (χ3v) is 13.8. The van der Waals surface area contributed by atoms with Crippen LogP contribution < -0.4 is 0 Å². The van der Waals surface area contributed by atoms with Crippen LogP contribution in [-0.4, -0.2) is 12.1 Å². The number of hydrogen-bond acceptors (Lipinski definition) is 2. The fourth-order valence-corrected chi connectivity index (χ4v) is 11.6. The van der Waals surface area contributed by atoms with Gasteiger partial charge in [-0.2, -0.15) is 0 Å². The summed E-state index contributed by atoms with van der Waals surface area (Å²) in [5.74, 6) is 3.80. The highest BCUT2D eigenvalue weighted by atomic mass is 16.5. The monoisotopic (exact) mass is 482 g/mol. The highest BCUT2D eigenvalue weighted by Crippen LogP contribution is 2.89. The average Bonchev–Trinajstić information content (AvgIpc) is 3.36. The second-order valence-corrected chi connectivity index (χ2v) is 15.4. The molecule has 198 valence electrons. The first-order valence-electron chi connectivity index (χ1n) is 15.1. The van der Waals surface area contributed by atoms with Gasteiger partial charge < -0.3 is 4.74 Å². The summed E-state index contributed by atoms with van der Waals surface area (Å²) < 4.78 is 5.91. The van der Waals surface area contributed by atoms with Gasteiger partial charge in [-0.15, -0.1) is 0 Å². The summed E-state index contributed by atoms with van der Waals surface area (Å²) in [7, 11) is 0. The first-order valence-corrected chi connectivity index (χ1v) is 15.1. The Hall–Kier alpha value is -0.790. The Morgan fingerprint density at radius 3 is 2.20 bits per heavy atom. The summed E-state index contributed by atoms with van der Waals surface area (Å²) in [5, 5.41) is 0. The minimum Gasteiger partial charge on any atom is -0.462 e. The van der Waals surface area contributed by atoms with Crippen molar-refractivity contribution in [2.75, 3.05) is 0 Å². The van der Waals surface area contributed by atoms with E-state index in [1.54, 1.807) is 6.92 Å². The number of esters is 1. The largest absolute Gasteiger partial charge is 0.462 e. The molecule has 5 aliphatic carbocycles. The number of carbonyl (C=O) groups excluding carboxylic acids is 1. The maximum Gasteiger partial charge on any atom is 0.302 e. The molecule has 0 bridgehead atoms. The molecule has 0 amide bonds. The molecule has 5 aliphatic rings. The van der Waals surface area contributed by atoms with Crippen molar-refractivity contribution >= 4 is 5.97 Å². The van der Waals surface area contributed by atoms with Crippen molar-refractivity contribution in [1.82, 2.24) is 0 Å². The molecule has 9 atom stereocenters. The van der Waals surface area contributed by atoms with Crippen LogP contribution in [0.4, 0.5) is 0 Å². The average molecular weight is 483 g/mol. The minimum atomic E-state index is -0.0951. The fraction of sp³-hybridized carbons (Fsp3) is 0.909. The summed E-state index contributed by atoms with van der Waals surface area (Å²) >= 11 is 0. The number of ether oxygens (including phenoxy) is 1. The van der Waals surface area contributed by atoms with Gasteiger partial charge in [0, 0.05) is 12.3 Å². The van der Waals surface area contributed by atoms with E-state index in [-0.39, 0.29) is 17.5 Å². The lowest BCUT2D eigenvalue weighted by molar-refractivity contribution is -0.181. The fourth-order valence-electron chi connectivity index (χ4n) is 11.6. The molecule has 5 fully saturated rings. The first kappa shape index (κ1) is 25.8. The van der Waals surface area contributed by atoms with Crippen molar-refractivity contribution in [3.8, 4) is 0 Å². The molecule has 0 N–H and O–H groups in total. The van der Waals surface area contributed by atoms with Gasteiger partial charge in [0.25, 0.3) is 0 Å². The Bertz CT molecular complexity index is 886. The van der Waals surface area contributed by atoms with Gasteiger partial charge in [-0.25, -0.2) is 0 Å². The quantitative estimate of drug-likeness (QED) is 0.279. The predicted octanol–water partition coefficient (Wildman–Crippen LogP) is 8.99. The van der Waals surface area contributed by atoms with E-state index < -0.39 is 0 Å². The lowest BCUT2D eigenvalue weighted by atomic mass is 9.41. The summed E-state index contributed by atoms with van der Waals surface area (Å²) in [6.07, 6.45) is 15.0. The molecule has 0 aromatic carbocycles. The maximum atomic E-state index is 11.9. The van der Waals surface area contributed by atoms with Gasteiger partial charge in [0.1, 0.15) is 6.10 Å². The van der Waals surface area contributed by atoms with Gasteiger partial charge in [-0.3, -0.25) is 4.79 Å². The van der Waals surface area contributed by atoms with E-state index in [0.717, 1.165) is 30.1 Å². The Labute approximate surface area is 216 Å². The Morgan fingerprint density at radius 2 is 1.54 bits per heavy atom. The lowest BCUT2D eigenvalue weighted by Crippen LogP contribution is -2.58. The maximum absolute atomic E-state index is 11.9. The zero-order chi connectivity index (χ0) is 25.6. The van der Waals surface area contributed by atoms with Crippen molar-refractivity contribution in [3.63, 3.8) is 0 Å². The number of fused-ring (bicyclic) bond motifs is 2. The molecule has 0 aliphatic heterocycles. The molecule has 2 nitrogen and oxygen atoms in total.